The highest BCUT2D eigenvalue weighted by Crippen LogP contribution is 2.31. The summed E-state index contributed by atoms with van der Waals surface area (Å²) in [5.41, 5.74) is 0.518. The number of hydrogen-bond acceptors (Lipinski definition) is 5. The Labute approximate surface area is 139 Å². The molecule has 0 atom stereocenters. The van der Waals surface area contributed by atoms with Crippen molar-refractivity contribution in [1.29, 1.82) is 0 Å². The second kappa shape index (κ2) is 6.48. The fourth-order valence-corrected chi connectivity index (χ4v) is 3.46. The number of hydrogen-bond donors (Lipinski definition) is 0. The van der Waals surface area contributed by atoms with E-state index in [1.807, 2.05) is 0 Å². The van der Waals surface area contributed by atoms with Gasteiger partial charge in [-0.3, -0.25) is 9.59 Å². The second-order valence-corrected chi connectivity index (χ2v) is 8.08. The van der Waals surface area contributed by atoms with Crippen LogP contribution in [0.5, 0.6) is 0 Å². The van der Waals surface area contributed by atoms with Gasteiger partial charge in [0.05, 0.1) is 16.2 Å². The highest BCUT2D eigenvalue weighted by Gasteiger charge is 2.39. The third-order valence-electron chi connectivity index (χ3n) is 3.06. The molecule has 0 saturated carbocycles. The molecule has 1 aromatic heterocycles. The Morgan fingerprint density at radius 3 is 2.38 bits per heavy atom. The first-order valence-electron chi connectivity index (χ1n) is 6.52. The van der Waals surface area contributed by atoms with E-state index >= 15 is 0 Å². The minimum Gasteiger partial charge on any atom is -0.293 e. The van der Waals surface area contributed by atoms with Crippen molar-refractivity contribution in [3.63, 3.8) is 0 Å². The van der Waals surface area contributed by atoms with Crippen molar-refractivity contribution in [2.45, 2.75) is 17.5 Å². The molecule has 0 aliphatic heterocycles. The van der Waals surface area contributed by atoms with Gasteiger partial charge in [0.2, 0.25) is 5.78 Å². The van der Waals surface area contributed by atoms with E-state index in [-0.39, 0.29) is 9.77 Å². The zero-order chi connectivity index (χ0) is 18.1. The highest BCUT2D eigenvalue weighted by atomic mass is 32.2. The molecule has 1 aromatic carbocycles. The number of halogens is 3. The maximum Gasteiger partial charge on any atom is 0.450 e. The second-order valence-electron chi connectivity index (χ2n) is 4.98. The molecule has 4 nitrogen and oxygen atoms in total. The van der Waals surface area contributed by atoms with Crippen LogP contribution in [0.3, 0.4) is 0 Å². The number of ketones is 2. The molecule has 2 aromatic rings. The van der Waals surface area contributed by atoms with Crippen LogP contribution in [0.25, 0.3) is 10.4 Å². The third kappa shape index (κ3) is 4.30. The van der Waals surface area contributed by atoms with E-state index in [0.717, 1.165) is 17.6 Å². The summed E-state index contributed by atoms with van der Waals surface area (Å²) in [5.74, 6) is -3.02. The van der Waals surface area contributed by atoms with Gasteiger partial charge < -0.3 is 0 Å². The lowest BCUT2D eigenvalue weighted by Crippen LogP contribution is -2.25. The molecule has 0 aliphatic carbocycles. The largest absolute Gasteiger partial charge is 0.450 e. The van der Waals surface area contributed by atoms with E-state index < -0.39 is 34.0 Å². The smallest absolute Gasteiger partial charge is 0.293 e. The van der Waals surface area contributed by atoms with Crippen molar-refractivity contribution in [3.05, 3.63) is 41.3 Å². The van der Waals surface area contributed by atoms with E-state index in [4.69, 9.17) is 0 Å². The molecule has 0 saturated heterocycles. The number of carbonyl (C=O) groups is 2. The molecule has 128 valence electrons. The summed E-state index contributed by atoms with van der Waals surface area (Å²) in [4.78, 5) is 23.3. The molecule has 2 rings (SSSR count). The molecule has 0 aliphatic rings. The molecule has 0 amide bonds. The van der Waals surface area contributed by atoms with Crippen molar-refractivity contribution in [3.8, 4) is 10.4 Å². The molecule has 9 heteroatoms. The van der Waals surface area contributed by atoms with Crippen LogP contribution in [-0.2, 0) is 14.6 Å². The predicted octanol–water partition coefficient (Wildman–Crippen LogP) is 3.52. The molecule has 24 heavy (non-hydrogen) atoms. The number of carbonyl (C=O) groups excluding carboxylic acids is 2. The zero-order valence-corrected chi connectivity index (χ0v) is 13.9. The van der Waals surface area contributed by atoms with Crippen molar-refractivity contribution in [1.82, 2.24) is 0 Å². The van der Waals surface area contributed by atoms with Gasteiger partial charge in [0.1, 0.15) is 0 Å². The van der Waals surface area contributed by atoms with Gasteiger partial charge in [0.15, 0.2) is 15.6 Å². The molecular weight excluding hydrogens is 365 g/mol. The van der Waals surface area contributed by atoms with Gasteiger partial charge >= 0.3 is 6.18 Å². The number of Topliss-reactive ketones (excluding diaryl/α,β-unsaturated/α-hetero) is 2. The summed E-state index contributed by atoms with van der Waals surface area (Å²) in [7, 11) is -3.41. The van der Waals surface area contributed by atoms with Gasteiger partial charge in [0.25, 0.3) is 0 Å². The van der Waals surface area contributed by atoms with E-state index in [1.54, 1.807) is 6.07 Å². The van der Waals surface area contributed by atoms with E-state index in [2.05, 4.69) is 0 Å². The molecule has 0 bridgehead atoms. The SMILES string of the molecule is CS(=O)(=O)c1cccc(-c2ccc(C(=O)CC(=O)C(F)(F)F)s2)c1. The lowest BCUT2D eigenvalue weighted by Gasteiger charge is -2.03. The lowest BCUT2D eigenvalue weighted by molar-refractivity contribution is -0.170. The number of benzene rings is 1. The highest BCUT2D eigenvalue weighted by molar-refractivity contribution is 7.90. The molecule has 0 unspecified atom stereocenters. The average Bonchev–Trinajstić information content (AvgIpc) is 2.95. The van der Waals surface area contributed by atoms with Crippen LogP contribution >= 0.6 is 11.3 Å². The fourth-order valence-electron chi connectivity index (χ4n) is 1.86. The molecular formula is C15H11F3O4S2. The fraction of sp³-hybridized carbons (Fsp3) is 0.200. The quantitative estimate of drug-likeness (QED) is 0.591. The van der Waals surface area contributed by atoms with E-state index in [9.17, 15) is 31.2 Å². The normalized spacial score (nSPS) is 12.2. The standard InChI is InChI=1S/C15H11F3O4S2/c1-24(21,22)10-4-2-3-9(7-10)12-5-6-13(23-12)11(19)8-14(20)15(16,17)18/h2-7H,8H2,1H3. The number of rotatable bonds is 5. The molecule has 1 heterocycles. The number of sulfone groups is 1. The lowest BCUT2D eigenvalue weighted by atomic mass is 10.1. The Hall–Kier alpha value is -2.00. The van der Waals surface area contributed by atoms with Crippen molar-refractivity contribution in [2.24, 2.45) is 0 Å². The third-order valence-corrected chi connectivity index (χ3v) is 5.35. The Morgan fingerprint density at radius 2 is 1.79 bits per heavy atom. The van der Waals surface area contributed by atoms with Gasteiger partial charge in [-0.25, -0.2) is 8.42 Å². The van der Waals surface area contributed by atoms with Crippen molar-refractivity contribution < 1.29 is 31.2 Å². The predicted molar refractivity (Wildman–Crippen MR) is 82.9 cm³/mol. The molecule has 0 N–H and O–H groups in total. The summed E-state index contributed by atoms with van der Waals surface area (Å²) >= 11 is 0.902. The van der Waals surface area contributed by atoms with Crippen LogP contribution in [-0.4, -0.2) is 32.4 Å². The summed E-state index contributed by atoms with van der Waals surface area (Å²) in [6.07, 6.45) is -5.23. The van der Waals surface area contributed by atoms with Gasteiger partial charge in [-0.05, 0) is 29.8 Å². The van der Waals surface area contributed by atoms with Crippen molar-refractivity contribution in [2.75, 3.05) is 6.26 Å². The average molecular weight is 376 g/mol. The van der Waals surface area contributed by atoms with Crippen molar-refractivity contribution >= 4 is 32.7 Å². The van der Waals surface area contributed by atoms with Gasteiger partial charge in [-0.1, -0.05) is 12.1 Å². The van der Waals surface area contributed by atoms with E-state index in [0.29, 0.717) is 10.4 Å². The Bertz CT molecular complexity index is 895. The minimum atomic E-state index is -5.04. The number of thiophene rings is 1. The maximum atomic E-state index is 12.2. The summed E-state index contributed by atoms with van der Waals surface area (Å²) in [6, 6.07) is 8.79. The first-order valence-corrected chi connectivity index (χ1v) is 9.23. The summed E-state index contributed by atoms with van der Waals surface area (Å²) in [5, 5.41) is 0. The van der Waals surface area contributed by atoms with Crippen LogP contribution in [0, 0.1) is 0 Å². The first kappa shape index (κ1) is 18.3. The Morgan fingerprint density at radius 1 is 1.12 bits per heavy atom. The van der Waals surface area contributed by atoms with Gasteiger partial charge in [0, 0.05) is 11.1 Å². The van der Waals surface area contributed by atoms with Crippen LogP contribution < -0.4 is 0 Å². The zero-order valence-electron chi connectivity index (χ0n) is 12.3. The van der Waals surface area contributed by atoms with Crippen LogP contribution in [0.4, 0.5) is 13.2 Å². The maximum absolute atomic E-state index is 12.2. The minimum absolute atomic E-state index is 0.00681. The Balaban J connectivity index is 2.25. The van der Waals surface area contributed by atoms with Crippen LogP contribution in [0.2, 0.25) is 0 Å². The monoisotopic (exact) mass is 376 g/mol. The molecule has 0 spiro atoms. The molecule has 0 fully saturated rings. The van der Waals surface area contributed by atoms with Gasteiger partial charge in [-0.15, -0.1) is 11.3 Å². The van der Waals surface area contributed by atoms with E-state index in [1.165, 1.54) is 30.3 Å². The topological polar surface area (TPSA) is 68.3 Å². The Kier molecular flexibility index (Phi) is 4.95. The number of alkyl halides is 3. The van der Waals surface area contributed by atoms with Crippen LogP contribution in [0.1, 0.15) is 16.1 Å². The first-order chi connectivity index (χ1) is 11.0. The van der Waals surface area contributed by atoms with Crippen LogP contribution in [0.15, 0.2) is 41.3 Å². The van der Waals surface area contributed by atoms with Gasteiger partial charge in [-0.2, -0.15) is 13.2 Å². The summed E-state index contributed by atoms with van der Waals surface area (Å²) < 4.78 is 59.7. The molecule has 0 radical (unpaired) electrons. The summed E-state index contributed by atoms with van der Waals surface area (Å²) in [6.45, 7) is 0.